The summed E-state index contributed by atoms with van der Waals surface area (Å²) in [6.07, 6.45) is 1.46. The molecule has 1 unspecified atom stereocenters. The smallest absolute Gasteiger partial charge is 0.173 e. The Kier molecular flexibility index (Phi) is 4.69. The van der Waals surface area contributed by atoms with E-state index in [0.717, 1.165) is 57.7 Å². The van der Waals surface area contributed by atoms with Crippen LogP contribution in [0.5, 0.6) is 0 Å². The highest BCUT2D eigenvalue weighted by molar-refractivity contribution is 9.10. The van der Waals surface area contributed by atoms with Gasteiger partial charge in [0, 0.05) is 30.5 Å². The number of anilines is 1. The van der Waals surface area contributed by atoms with E-state index in [1.54, 1.807) is 11.3 Å². The first-order valence-corrected chi connectivity index (χ1v) is 10.1. The first kappa shape index (κ1) is 16.6. The molecule has 3 nitrogen and oxygen atoms in total. The zero-order valence-corrected chi connectivity index (χ0v) is 16.2. The Labute approximate surface area is 158 Å². The third-order valence-corrected chi connectivity index (χ3v) is 7.32. The minimum absolute atomic E-state index is 0.246. The minimum Gasteiger partial charge on any atom is -0.378 e. The molecule has 2 aliphatic rings. The Balaban J connectivity index is 1.77. The number of carbonyl (C=O) groups is 1. The van der Waals surface area contributed by atoms with E-state index in [0.29, 0.717) is 6.42 Å². The van der Waals surface area contributed by atoms with E-state index < -0.39 is 0 Å². The van der Waals surface area contributed by atoms with Crippen molar-refractivity contribution in [3.63, 3.8) is 0 Å². The van der Waals surface area contributed by atoms with Gasteiger partial charge < -0.3 is 9.64 Å². The quantitative estimate of drug-likeness (QED) is 0.668. The van der Waals surface area contributed by atoms with Crippen molar-refractivity contribution in [2.24, 2.45) is 0 Å². The molecule has 0 spiro atoms. The van der Waals surface area contributed by atoms with Crippen LogP contribution >= 0.6 is 38.9 Å². The molecule has 2 aromatic rings. The molecular formula is C18H17BrClNO2S. The number of ether oxygens (including phenoxy) is 1. The number of halogens is 2. The van der Waals surface area contributed by atoms with Crippen molar-refractivity contribution in [1.82, 2.24) is 0 Å². The summed E-state index contributed by atoms with van der Waals surface area (Å²) >= 11 is 11.5. The number of rotatable bonds is 2. The van der Waals surface area contributed by atoms with E-state index in [9.17, 15) is 4.79 Å². The zero-order chi connectivity index (χ0) is 16.7. The molecule has 2 heterocycles. The van der Waals surface area contributed by atoms with E-state index in [-0.39, 0.29) is 11.7 Å². The van der Waals surface area contributed by atoms with E-state index in [1.807, 2.05) is 12.1 Å². The lowest BCUT2D eigenvalue weighted by atomic mass is 9.82. The number of morpholine rings is 1. The fraction of sp³-hybridized carbons (Fsp3) is 0.389. The van der Waals surface area contributed by atoms with Gasteiger partial charge in [0.25, 0.3) is 0 Å². The molecule has 1 aromatic carbocycles. The van der Waals surface area contributed by atoms with Gasteiger partial charge in [-0.1, -0.05) is 23.7 Å². The predicted octanol–water partition coefficient (Wildman–Crippen LogP) is 5.11. The van der Waals surface area contributed by atoms with Crippen molar-refractivity contribution < 1.29 is 9.53 Å². The molecule has 1 aliphatic heterocycles. The van der Waals surface area contributed by atoms with Crippen molar-refractivity contribution in [3.05, 3.63) is 49.8 Å². The van der Waals surface area contributed by atoms with Crippen LogP contribution in [-0.2, 0) is 4.74 Å². The molecule has 1 saturated heterocycles. The van der Waals surface area contributed by atoms with Gasteiger partial charge in [-0.25, -0.2) is 0 Å². The second-order valence-electron chi connectivity index (χ2n) is 6.13. The lowest BCUT2D eigenvalue weighted by molar-refractivity contribution is 0.0974. The van der Waals surface area contributed by atoms with Gasteiger partial charge in [0.1, 0.15) is 5.00 Å². The minimum atomic E-state index is 0.246. The van der Waals surface area contributed by atoms with Crippen LogP contribution in [0.4, 0.5) is 5.00 Å². The summed E-state index contributed by atoms with van der Waals surface area (Å²) in [5.74, 6) is 0.510. The fourth-order valence-corrected chi connectivity index (χ4v) is 5.96. The van der Waals surface area contributed by atoms with Crippen LogP contribution in [0.2, 0.25) is 5.02 Å². The molecule has 0 bridgehead atoms. The van der Waals surface area contributed by atoms with Crippen LogP contribution in [0.25, 0.3) is 0 Å². The molecule has 6 heteroatoms. The molecule has 1 aromatic heterocycles. The summed E-state index contributed by atoms with van der Waals surface area (Å²) in [6.45, 7) is 3.22. The van der Waals surface area contributed by atoms with Crippen LogP contribution in [-0.4, -0.2) is 32.1 Å². The highest BCUT2D eigenvalue weighted by atomic mass is 79.9. The van der Waals surface area contributed by atoms with Gasteiger partial charge >= 0.3 is 0 Å². The Hall–Kier alpha value is -0.880. The van der Waals surface area contributed by atoms with E-state index in [1.165, 1.54) is 5.56 Å². The van der Waals surface area contributed by atoms with E-state index >= 15 is 0 Å². The topological polar surface area (TPSA) is 29.5 Å². The van der Waals surface area contributed by atoms with Crippen molar-refractivity contribution in [2.45, 2.75) is 18.8 Å². The number of hydrogen-bond acceptors (Lipinski definition) is 4. The third-order valence-electron chi connectivity index (χ3n) is 4.70. The summed E-state index contributed by atoms with van der Waals surface area (Å²) in [6, 6.07) is 8.00. The number of benzene rings is 1. The Morgan fingerprint density at radius 1 is 1.21 bits per heavy atom. The van der Waals surface area contributed by atoms with Gasteiger partial charge in [0.15, 0.2) is 5.78 Å². The van der Waals surface area contributed by atoms with Crippen molar-refractivity contribution in [1.29, 1.82) is 0 Å². The predicted molar refractivity (Wildman–Crippen MR) is 102 cm³/mol. The van der Waals surface area contributed by atoms with Gasteiger partial charge in [-0.15, -0.1) is 11.3 Å². The van der Waals surface area contributed by atoms with Crippen LogP contribution < -0.4 is 4.90 Å². The normalized spacial score (nSPS) is 21.0. The summed E-state index contributed by atoms with van der Waals surface area (Å²) in [5.41, 5.74) is 2.38. The van der Waals surface area contributed by atoms with Gasteiger partial charge in [-0.2, -0.15) is 0 Å². The fourth-order valence-electron chi connectivity index (χ4n) is 3.46. The molecular weight excluding hydrogens is 410 g/mol. The number of carbonyl (C=O) groups excluding carboxylic acids is 1. The van der Waals surface area contributed by atoms with E-state index in [4.69, 9.17) is 16.3 Å². The molecule has 1 atom stereocenters. The maximum atomic E-state index is 12.5. The lowest BCUT2D eigenvalue weighted by Gasteiger charge is -2.28. The monoisotopic (exact) mass is 425 g/mol. The maximum absolute atomic E-state index is 12.5. The number of Topliss-reactive ketones (excluding diaryl/α,β-unsaturated/α-hetero) is 1. The molecule has 0 saturated carbocycles. The highest BCUT2D eigenvalue weighted by Crippen LogP contribution is 2.49. The molecule has 4 rings (SSSR count). The van der Waals surface area contributed by atoms with Gasteiger partial charge in [0.05, 0.1) is 22.6 Å². The van der Waals surface area contributed by atoms with Crippen molar-refractivity contribution in [2.75, 3.05) is 31.2 Å². The number of nitrogens with zero attached hydrogens (tertiary/aromatic N) is 1. The molecule has 0 radical (unpaired) electrons. The molecule has 0 amide bonds. The number of hydrogen-bond donors (Lipinski definition) is 0. The van der Waals surface area contributed by atoms with Crippen molar-refractivity contribution >= 4 is 49.7 Å². The Morgan fingerprint density at radius 3 is 2.62 bits per heavy atom. The average Bonchev–Trinajstić information content (AvgIpc) is 2.96. The first-order valence-electron chi connectivity index (χ1n) is 8.08. The SMILES string of the molecule is O=C1CCC(c2ccc(Cl)cc2)c2c1sc(N1CCOCC1)c2Br. The lowest BCUT2D eigenvalue weighted by Crippen LogP contribution is -2.35. The third kappa shape index (κ3) is 2.92. The van der Waals surface area contributed by atoms with Gasteiger partial charge in [-0.3, -0.25) is 4.79 Å². The molecule has 24 heavy (non-hydrogen) atoms. The van der Waals surface area contributed by atoms with Gasteiger partial charge in [-0.05, 0) is 45.6 Å². The molecule has 1 aliphatic carbocycles. The van der Waals surface area contributed by atoms with Crippen LogP contribution in [0.1, 0.15) is 39.6 Å². The summed E-state index contributed by atoms with van der Waals surface area (Å²) in [7, 11) is 0. The average molecular weight is 427 g/mol. The Morgan fingerprint density at radius 2 is 1.92 bits per heavy atom. The summed E-state index contributed by atoms with van der Waals surface area (Å²) in [4.78, 5) is 15.7. The number of ketones is 1. The highest BCUT2D eigenvalue weighted by Gasteiger charge is 2.34. The second-order valence-corrected chi connectivity index (χ2v) is 8.36. The van der Waals surface area contributed by atoms with E-state index in [2.05, 4.69) is 33.0 Å². The second kappa shape index (κ2) is 6.79. The standard InChI is InChI=1S/C18H17BrClNO2S/c19-16-15-13(11-1-3-12(20)4-2-11)5-6-14(22)17(15)24-18(16)21-7-9-23-10-8-21/h1-4,13H,5-10H2. The molecule has 126 valence electrons. The Bertz CT molecular complexity index is 768. The molecule has 0 N–H and O–H groups in total. The molecule has 1 fully saturated rings. The first-order chi connectivity index (χ1) is 11.6. The number of fused-ring (bicyclic) bond motifs is 1. The number of thiophene rings is 1. The van der Waals surface area contributed by atoms with Crippen molar-refractivity contribution in [3.8, 4) is 0 Å². The summed E-state index contributed by atoms with van der Waals surface area (Å²) < 4.78 is 6.54. The van der Waals surface area contributed by atoms with Gasteiger partial charge in [0.2, 0.25) is 0 Å². The summed E-state index contributed by atoms with van der Waals surface area (Å²) in [5, 5.41) is 1.90. The maximum Gasteiger partial charge on any atom is 0.173 e. The van der Waals surface area contributed by atoms with Crippen LogP contribution in [0, 0.1) is 0 Å². The van der Waals surface area contributed by atoms with Crippen LogP contribution in [0.15, 0.2) is 28.7 Å². The largest absolute Gasteiger partial charge is 0.378 e. The zero-order valence-electron chi connectivity index (χ0n) is 13.1. The van der Waals surface area contributed by atoms with Crippen LogP contribution in [0.3, 0.4) is 0 Å².